The van der Waals surface area contributed by atoms with Crippen molar-refractivity contribution in [2.45, 2.75) is 0 Å². The van der Waals surface area contributed by atoms with E-state index in [4.69, 9.17) is 11.6 Å². The molecular weight excluding hydrogens is 331 g/mol. The second kappa shape index (κ2) is 7.06. The minimum Gasteiger partial charge on any atom is -0.324 e. The smallest absolute Gasteiger partial charge is 0.274 e. The average Bonchev–Trinajstić information content (AvgIpc) is 2.57. The Kier molecular flexibility index (Phi) is 4.67. The lowest BCUT2D eigenvalue weighted by Gasteiger charge is -2.07. The first-order valence-corrected chi connectivity index (χ1v) is 7.40. The van der Waals surface area contributed by atoms with Crippen LogP contribution in [0.1, 0.15) is 10.5 Å². The molecule has 0 saturated carbocycles. The average molecular weight is 343 g/mol. The van der Waals surface area contributed by atoms with Gasteiger partial charge in [0.15, 0.2) is 0 Å². The van der Waals surface area contributed by atoms with Crippen LogP contribution >= 0.6 is 11.6 Å². The summed E-state index contributed by atoms with van der Waals surface area (Å²) < 4.78 is 13.2. The van der Waals surface area contributed by atoms with Crippen molar-refractivity contribution in [2.75, 3.05) is 10.6 Å². The van der Waals surface area contributed by atoms with E-state index in [-0.39, 0.29) is 11.6 Å². The highest BCUT2D eigenvalue weighted by molar-refractivity contribution is 6.30. The van der Waals surface area contributed by atoms with E-state index in [1.54, 1.807) is 30.3 Å². The number of anilines is 3. The van der Waals surface area contributed by atoms with E-state index in [1.165, 1.54) is 30.5 Å². The molecule has 0 unspecified atom stereocenters. The SMILES string of the molecule is O=C(Nc1cccc(F)c1)c1ccnc(Nc2ccc(Cl)cc2)n1. The van der Waals surface area contributed by atoms with Crippen LogP contribution in [0, 0.1) is 5.82 Å². The second-order valence-corrected chi connectivity index (χ2v) is 5.30. The minimum atomic E-state index is -0.456. The molecule has 2 aromatic carbocycles. The summed E-state index contributed by atoms with van der Waals surface area (Å²) in [5.74, 6) is -0.619. The molecule has 120 valence electrons. The van der Waals surface area contributed by atoms with E-state index in [0.29, 0.717) is 10.7 Å². The number of nitrogens with one attached hydrogen (secondary N) is 2. The van der Waals surface area contributed by atoms with Gasteiger partial charge in [-0.1, -0.05) is 17.7 Å². The third kappa shape index (κ3) is 4.05. The van der Waals surface area contributed by atoms with Gasteiger partial charge in [-0.15, -0.1) is 0 Å². The van der Waals surface area contributed by atoms with Crippen LogP contribution in [-0.2, 0) is 0 Å². The summed E-state index contributed by atoms with van der Waals surface area (Å²) in [6.45, 7) is 0. The molecule has 0 aliphatic rings. The van der Waals surface area contributed by atoms with Crippen LogP contribution in [0.15, 0.2) is 60.8 Å². The molecule has 7 heteroatoms. The third-order valence-corrected chi connectivity index (χ3v) is 3.32. The van der Waals surface area contributed by atoms with Gasteiger partial charge in [-0.2, -0.15) is 0 Å². The van der Waals surface area contributed by atoms with E-state index in [1.807, 2.05) is 0 Å². The molecule has 3 aromatic rings. The Hall–Kier alpha value is -2.99. The second-order valence-electron chi connectivity index (χ2n) is 4.86. The van der Waals surface area contributed by atoms with Crippen molar-refractivity contribution in [1.82, 2.24) is 9.97 Å². The predicted octanol–water partition coefficient (Wildman–Crippen LogP) is 4.27. The Bertz CT molecular complexity index is 870. The number of nitrogens with zero attached hydrogens (tertiary/aromatic N) is 2. The topological polar surface area (TPSA) is 66.9 Å². The predicted molar refractivity (Wildman–Crippen MR) is 91.1 cm³/mol. The summed E-state index contributed by atoms with van der Waals surface area (Å²) in [4.78, 5) is 20.4. The Labute approximate surface area is 142 Å². The Balaban J connectivity index is 1.74. The number of hydrogen-bond donors (Lipinski definition) is 2. The number of hydrogen-bond acceptors (Lipinski definition) is 4. The first-order chi connectivity index (χ1) is 11.6. The Morgan fingerprint density at radius 2 is 1.83 bits per heavy atom. The molecule has 0 atom stereocenters. The zero-order valence-electron chi connectivity index (χ0n) is 12.3. The first-order valence-electron chi connectivity index (χ1n) is 7.03. The van der Waals surface area contributed by atoms with Gasteiger partial charge in [0.1, 0.15) is 11.5 Å². The fourth-order valence-electron chi connectivity index (χ4n) is 1.97. The van der Waals surface area contributed by atoms with E-state index in [9.17, 15) is 9.18 Å². The van der Waals surface area contributed by atoms with Gasteiger partial charge in [0, 0.05) is 22.6 Å². The minimum absolute atomic E-state index is 0.158. The number of aromatic nitrogens is 2. The van der Waals surface area contributed by atoms with Crippen LogP contribution in [0.3, 0.4) is 0 Å². The Morgan fingerprint density at radius 1 is 1.04 bits per heavy atom. The van der Waals surface area contributed by atoms with E-state index in [2.05, 4.69) is 20.6 Å². The highest BCUT2D eigenvalue weighted by Crippen LogP contribution is 2.17. The molecule has 1 amide bonds. The van der Waals surface area contributed by atoms with Crippen molar-refractivity contribution >= 4 is 34.8 Å². The summed E-state index contributed by atoms with van der Waals surface area (Å²) in [6.07, 6.45) is 1.46. The van der Waals surface area contributed by atoms with Crippen LogP contribution in [0.25, 0.3) is 0 Å². The van der Waals surface area contributed by atoms with Crippen LogP contribution in [-0.4, -0.2) is 15.9 Å². The third-order valence-electron chi connectivity index (χ3n) is 3.07. The summed E-state index contributed by atoms with van der Waals surface area (Å²) in [5.41, 5.74) is 1.25. The zero-order valence-corrected chi connectivity index (χ0v) is 13.1. The van der Waals surface area contributed by atoms with Crippen molar-refractivity contribution in [2.24, 2.45) is 0 Å². The molecule has 0 aliphatic carbocycles. The molecule has 1 heterocycles. The van der Waals surface area contributed by atoms with Gasteiger partial charge in [0.2, 0.25) is 5.95 Å². The van der Waals surface area contributed by atoms with Crippen molar-refractivity contribution in [3.63, 3.8) is 0 Å². The monoisotopic (exact) mass is 342 g/mol. The normalized spacial score (nSPS) is 10.2. The number of carbonyl (C=O) groups excluding carboxylic acids is 1. The maximum atomic E-state index is 13.2. The van der Waals surface area contributed by atoms with Crippen LogP contribution in [0.2, 0.25) is 5.02 Å². The molecule has 0 radical (unpaired) electrons. The highest BCUT2D eigenvalue weighted by Gasteiger charge is 2.10. The first kappa shape index (κ1) is 15.9. The lowest BCUT2D eigenvalue weighted by molar-refractivity contribution is 0.102. The molecule has 24 heavy (non-hydrogen) atoms. The molecule has 0 aliphatic heterocycles. The van der Waals surface area contributed by atoms with Crippen LogP contribution < -0.4 is 10.6 Å². The van der Waals surface area contributed by atoms with Crippen LogP contribution in [0.4, 0.5) is 21.7 Å². The lowest BCUT2D eigenvalue weighted by Crippen LogP contribution is -2.14. The van der Waals surface area contributed by atoms with Gasteiger partial charge < -0.3 is 10.6 Å². The molecule has 1 aromatic heterocycles. The molecule has 3 rings (SSSR count). The molecule has 0 saturated heterocycles. The molecule has 5 nitrogen and oxygen atoms in total. The number of rotatable bonds is 4. The number of benzene rings is 2. The van der Waals surface area contributed by atoms with E-state index < -0.39 is 11.7 Å². The van der Waals surface area contributed by atoms with Crippen molar-refractivity contribution < 1.29 is 9.18 Å². The zero-order chi connectivity index (χ0) is 16.9. The Morgan fingerprint density at radius 3 is 2.58 bits per heavy atom. The van der Waals surface area contributed by atoms with Gasteiger partial charge in [-0.3, -0.25) is 4.79 Å². The van der Waals surface area contributed by atoms with Crippen molar-refractivity contribution in [3.05, 3.63) is 77.3 Å². The molecule has 0 fully saturated rings. The quantitative estimate of drug-likeness (QED) is 0.743. The fourth-order valence-corrected chi connectivity index (χ4v) is 2.10. The van der Waals surface area contributed by atoms with Gasteiger partial charge >= 0.3 is 0 Å². The summed E-state index contributed by atoms with van der Waals surface area (Å²) in [6, 6.07) is 14.1. The molecule has 0 bridgehead atoms. The van der Waals surface area contributed by atoms with E-state index in [0.717, 1.165) is 5.69 Å². The highest BCUT2D eigenvalue weighted by atomic mass is 35.5. The van der Waals surface area contributed by atoms with Gasteiger partial charge in [-0.25, -0.2) is 14.4 Å². The van der Waals surface area contributed by atoms with Crippen molar-refractivity contribution in [3.8, 4) is 0 Å². The number of amides is 1. The van der Waals surface area contributed by atoms with Crippen molar-refractivity contribution in [1.29, 1.82) is 0 Å². The lowest BCUT2D eigenvalue weighted by atomic mass is 10.3. The number of carbonyl (C=O) groups is 1. The van der Waals surface area contributed by atoms with Gasteiger partial charge in [0.05, 0.1) is 0 Å². The fraction of sp³-hybridized carbons (Fsp3) is 0. The molecule has 2 N–H and O–H groups in total. The molecular formula is C17H12ClFN4O. The van der Waals surface area contributed by atoms with Gasteiger partial charge in [-0.05, 0) is 48.5 Å². The maximum Gasteiger partial charge on any atom is 0.274 e. The summed E-state index contributed by atoms with van der Waals surface area (Å²) in [5, 5.41) is 6.18. The standard InChI is InChI=1S/C17H12ClFN4O/c18-11-4-6-13(7-5-11)22-17-20-9-8-15(23-17)16(24)21-14-3-1-2-12(19)10-14/h1-10H,(H,21,24)(H,20,22,23). The van der Waals surface area contributed by atoms with Crippen LogP contribution in [0.5, 0.6) is 0 Å². The number of halogens is 2. The van der Waals surface area contributed by atoms with Gasteiger partial charge in [0.25, 0.3) is 5.91 Å². The largest absolute Gasteiger partial charge is 0.324 e. The maximum absolute atomic E-state index is 13.2. The summed E-state index contributed by atoms with van der Waals surface area (Å²) >= 11 is 5.83. The molecule has 0 spiro atoms. The van der Waals surface area contributed by atoms with E-state index >= 15 is 0 Å². The summed E-state index contributed by atoms with van der Waals surface area (Å²) in [7, 11) is 0.